The Bertz CT molecular complexity index is 1120. The third kappa shape index (κ3) is 4.51. The molecule has 0 amide bonds. The second kappa shape index (κ2) is 7.75. The number of aromatic nitrogens is 3. The summed E-state index contributed by atoms with van der Waals surface area (Å²) in [6.45, 7) is 0.386. The van der Waals surface area contributed by atoms with Crippen LogP contribution in [0.3, 0.4) is 0 Å². The highest BCUT2D eigenvalue weighted by atomic mass is 35.5. The van der Waals surface area contributed by atoms with Crippen LogP contribution in [-0.2, 0) is 19.1 Å². The van der Waals surface area contributed by atoms with Crippen LogP contribution in [0, 0.1) is 0 Å². The van der Waals surface area contributed by atoms with E-state index in [0.717, 1.165) is 39.9 Å². The van der Waals surface area contributed by atoms with Crippen LogP contribution in [0.15, 0.2) is 61.1 Å². The minimum Gasteiger partial charge on any atom is -0.366 e. The van der Waals surface area contributed by atoms with Gasteiger partial charge in [0.05, 0.1) is 10.6 Å². The molecule has 0 aliphatic carbocycles. The predicted octanol–water partition coefficient (Wildman–Crippen LogP) is 5.83. The maximum absolute atomic E-state index is 12.6. The van der Waals surface area contributed by atoms with E-state index >= 15 is 0 Å². The number of pyridine rings is 2. The van der Waals surface area contributed by atoms with E-state index in [1.807, 2.05) is 24.4 Å². The summed E-state index contributed by atoms with van der Waals surface area (Å²) in [5.74, 6) is 0.650. The van der Waals surface area contributed by atoms with Crippen LogP contribution in [0.5, 0.6) is 0 Å². The Morgan fingerprint density at radius 1 is 0.966 bits per heavy atom. The number of nitrogens with one attached hydrogen (secondary N) is 2. The molecule has 3 heterocycles. The third-order valence-corrected chi connectivity index (χ3v) is 4.76. The summed E-state index contributed by atoms with van der Waals surface area (Å²) in [6, 6.07) is 10.8. The highest BCUT2D eigenvalue weighted by Gasteiger charge is 2.29. The topological polar surface area (TPSA) is 53.6 Å². The molecule has 0 atom stereocenters. The van der Waals surface area contributed by atoms with Crippen molar-refractivity contribution < 1.29 is 13.2 Å². The molecule has 0 saturated heterocycles. The molecule has 0 bridgehead atoms. The molecule has 0 aliphatic rings. The van der Waals surface area contributed by atoms with Gasteiger partial charge in [0.2, 0.25) is 0 Å². The van der Waals surface area contributed by atoms with Crippen molar-refractivity contribution in [3.63, 3.8) is 0 Å². The molecule has 29 heavy (non-hydrogen) atoms. The maximum atomic E-state index is 12.6. The first-order valence-electron chi connectivity index (χ1n) is 8.85. The first-order valence-corrected chi connectivity index (χ1v) is 9.23. The van der Waals surface area contributed by atoms with E-state index < -0.39 is 11.7 Å². The molecule has 0 saturated carbocycles. The number of rotatable bonds is 5. The minimum absolute atomic E-state index is 0.386. The molecule has 4 aromatic rings. The van der Waals surface area contributed by atoms with Gasteiger partial charge in [0.25, 0.3) is 0 Å². The van der Waals surface area contributed by atoms with Crippen molar-refractivity contribution in [2.45, 2.75) is 19.1 Å². The molecule has 0 unspecified atom stereocenters. The first kappa shape index (κ1) is 19.3. The van der Waals surface area contributed by atoms with Crippen molar-refractivity contribution in [2.24, 2.45) is 0 Å². The average molecular weight is 417 g/mol. The first-order chi connectivity index (χ1) is 13.9. The van der Waals surface area contributed by atoms with Gasteiger partial charge < -0.3 is 10.3 Å². The predicted molar refractivity (Wildman–Crippen MR) is 107 cm³/mol. The van der Waals surface area contributed by atoms with E-state index in [9.17, 15) is 13.2 Å². The number of benzene rings is 1. The number of hydrogen-bond donors (Lipinski definition) is 2. The zero-order chi connectivity index (χ0) is 20.4. The SMILES string of the molecule is FC(F)(F)c1ccc(CNc2ccc(Cc3c[nH]c4ncc(Cl)cc34)cn2)cc1. The van der Waals surface area contributed by atoms with Crippen molar-refractivity contribution >= 4 is 28.5 Å². The quantitative estimate of drug-likeness (QED) is 0.430. The van der Waals surface area contributed by atoms with Gasteiger partial charge in [0.1, 0.15) is 11.5 Å². The minimum atomic E-state index is -4.32. The fraction of sp³-hybridized carbons (Fsp3) is 0.143. The number of aromatic amines is 1. The Morgan fingerprint density at radius 3 is 2.41 bits per heavy atom. The molecule has 0 aliphatic heterocycles. The monoisotopic (exact) mass is 416 g/mol. The lowest BCUT2D eigenvalue weighted by Crippen LogP contribution is -2.06. The summed E-state index contributed by atoms with van der Waals surface area (Å²) in [5.41, 5.74) is 2.96. The lowest BCUT2D eigenvalue weighted by molar-refractivity contribution is -0.137. The Labute approximate surface area is 169 Å². The largest absolute Gasteiger partial charge is 0.416 e. The molecule has 2 N–H and O–H groups in total. The van der Waals surface area contributed by atoms with Crippen molar-refractivity contribution in [1.29, 1.82) is 0 Å². The molecule has 3 aromatic heterocycles. The van der Waals surface area contributed by atoms with Gasteiger partial charge in [-0.3, -0.25) is 0 Å². The smallest absolute Gasteiger partial charge is 0.366 e. The molecule has 148 valence electrons. The van der Waals surface area contributed by atoms with Gasteiger partial charge in [-0.2, -0.15) is 13.2 Å². The van der Waals surface area contributed by atoms with E-state index in [1.165, 1.54) is 12.1 Å². The van der Waals surface area contributed by atoms with Gasteiger partial charge >= 0.3 is 6.18 Å². The number of anilines is 1. The van der Waals surface area contributed by atoms with Gasteiger partial charge in [0, 0.05) is 36.9 Å². The Balaban J connectivity index is 1.39. The Hall–Kier alpha value is -3.06. The van der Waals surface area contributed by atoms with Crippen LogP contribution < -0.4 is 5.32 Å². The van der Waals surface area contributed by atoms with Crippen LogP contribution >= 0.6 is 11.6 Å². The highest BCUT2D eigenvalue weighted by Crippen LogP contribution is 2.29. The molecule has 1 aromatic carbocycles. The van der Waals surface area contributed by atoms with Crippen LogP contribution in [-0.4, -0.2) is 15.0 Å². The van der Waals surface area contributed by atoms with Crippen LogP contribution in [0.4, 0.5) is 19.0 Å². The molecule has 0 fully saturated rings. The third-order valence-electron chi connectivity index (χ3n) is 4.56. The van der Waals surface area contributed by atoms with E-state index in [4.69, 9.17) is 11.6 Å². The molecule has 8 heteroatoms. The fourth-order valence-electron chi connectivity index (χ4n) is 3.04. The average Bonchev–Trinajstić information content (AvgIpc) is 3.09. The van der Waals surface area contributed by atoms with Crippen molar-refractivity contribution in [1.82, 2.24) is 15.0 Å². The summed E-state index contributed by atoms with van der Waals surface area (Å²) in [6.07, 6.45) is 1.63. The van der Waals surface area contributed by atoms with Crippen LogP contribution in [0.2, 0.25) is 5.02 Å². The zero-order valence-electron chi connectivity index (χ0n) is 15.1. The Morgan fingerprint density at radius 2 is 1.72 bits per heavy atom. The van der Waals surface area contributed by atoms with Crippen molar-refractivity contribution in [2.75, 3.05) is 5.32 Å². The number of hydrogen-bond acceptors (Lipinski definition) is 3. The number of halogens is 4. The van der Waals surface area contributed by atoms with Gasteiger partial charge in [-0.05, 0) is 41.0 Å². The van der Waals surface area contributed by atoms with E-state index in [-0.39, 0.29) is 0 Å². The van der Waals surface area contributed by atoms with Gasteiger partial charge in [-0.15, -0.1) is 0 Å². The van der Waals surface area contributed by atoms with E-state index in [1.54, 1.807) is 12.4 Å². The molecule has 4 rings (SSSR count). The second-order valence-corrected chi connectivity index (χ2v) is 7.08. The summed E-state index contributed by atoms with van der Waals surface area (Å²) in [4.78, 5) is 11.8. The van der Waals surface area contributed by atoms with Gasteiger partial charge in [-0.25, -0.2) is 9.97 Å². The Kier molecular flexibility index (Phi) is 5.15. The number of alkyl halides is 3. The number of nitrogens with zero attached hydrogens (tertiary/aromatic N) is 2. The van der Waals surface area contributed by atoms with Crippen LogP contribution in [0.1, 0.15) is 22.3 Å². The van der Waals surface area contributed by atoms with Gasteiger partial charge in [0.15, 0.2) is 0 Å². The summed E-state index contributed by atoms with van der Waals surface area (Å²) < 4.78 is 37.8. The van der Waals surface area contributed by atoms with Crippen LogP contribution in [0.25, 0.3) is 11.0 Å². The second-order valence-electron chi connectivity index (χ2n) is 6.64. The lowest BCUT2D eigenvalue weighted by Gasteiger charge is -2.09. The molecular weight excluding hydrogens is 401 g/mol. The summed E-state index contributed by atoms with van der Waals surface area (Å²) in [7, 11) is 0. The summed E-state index contributed by atoms with van der Waals surface area (Å²) >= 11 is 6.03. The lowest BCUT2D eigenvalue weighted by atomic mass is 10.1. The normalized spacial score (nSPS) is 11.7. The number of fused-ring (bicyclic) bond motifs is 1. The maximum Gasteiger partial charge on any atom is 0.416 e. The number of H-pyrrole nitrogens is 1. The van der Waals surface area contributed by atoms with Gasteiger partial charge in [-0.1, -0.05) is 29.8 Å². The summed E-state index contributed by atoms with van der Waals surface area (Å²) in [5, 5.41) is 4.67. The zero-order valence-corrected chi connectivity index (χ0v) is 15.8. The standard InChI is InChI=1S/C21H16ClF3N4/c22-17-8-18-15(11-28-20(18)29-12-17)7-14-3-6-19(27-10-14)26-9-13-1-4-16(5-2-13)21(23,24)25/h1-6,8,10-12H,7,9H2,(H,26,27)(H,28,29). The fourth-order valence-corrected chi connectivity index (χ4v) is 3.19. The van der Waals surface area contributed by atoms with E-state index in [2.05, 4.69) is 20.3 Å². The van der Waals surface area contributed by atoms with Crippen molar-refractivity contribution in [3.05, 3.63) is 88.3 Å². The molecule has 4 nitrogen and oxygen atoms in total. The highest BCUT2D eigenvalue weighted by molar-refractivity contribution is 6.31. The molecule has 0 radical (unpaired) electrons. The molecule has 0 spiro atoms. The van der Waals surface area contributed by atoms with Crippen molar-refractivity contribution in [3.8, 4) is 0 Å². The van der Waals surface area contributed by atoms with E-state index in [0.29, 0.717) is 23.8 Å². The molecular formula is C21H16ClF3N4.